The van der Waals surface area contributed by atoms with E-state index in [9.17, 15) is 0 Å². The number of likely N-dealkylation sites (N-methyl/N-ethyl adjacent to an activating group) is 1. The molecule has 3 rings (SSSR count). The van der Waals surface area contributed by atoms with Crippen molar-refractivity contribution in [3.05, 3.63) is 34.7 Å². The lowest BCUT2D eigenvalue weighted by molar-refractivity contribution is 0.411. The highest BCUT2D eigenvalue weighted by atomic mass is 79.9. The monoisotopic (exact) mass is 291 g/mol. The first-order valence-corrected chi connectivity index (χ1v) is 6.62. The van der Waals surface area contributed by atoms with Crippen LogP contribution in [0.15, 0.2) is 29.0 Å². The number of aromatic nitrogens is 2. The van der Waals surface area contributed by atoms with Gasteiger partial charge in [-0.2, -0.15) is 0 Å². The van der Waals surface area contributed by atoms with Crippen LogP contribution in [0.25, 0.3) is 10.9 Å². The van der Waals surface area contributed by atoms with Gasteiger partial charge < -0.3 is 4.90 Å². The fraction of sp³-hybridized carbons (Fsp3) is 0.385. The molecule has 1 fully saturated rings. The zero-order chi connectivity index (χ0) is 11.8. The average Bonchev–Trinajstić information content (AvgIpc) is 2.75. The van der Waals surface area contributed by atoms with Crippen molar-refractivity contribution in [1.29, 1.82) is 0 Å². The minimum absolute atomic E-state index is 0.541. The van der Waals surface area contributed by atoms with Gasteiger partial charge in [-0.1, -0.05) is 15.9 Å². The molecule has 88 valence electrons. The van der Waals surface area contributed by atoms with Gasteiger partial charge in [-0.15, -0.1) is 0 Å². The van der Waals surface area contributed by atoms with Gasteiger partial charge in [-0.3, -0.25) is 0 Å². The van der Waals surface area contributed by atoms with E-state index in [1.807, 2.05) is 12.1 Å². The molecule has 1 unspecified atom stereocenters. The van der Waals surface area contributed by atoms with Gasteiger partial charge in [0.15, 0.2) is 0 Å². The van der Waals surface area contributed by atoms with E-state index < -0.39 is 0 Å². The summed E-state index contributed by atoms with van der Waals surface area (Å²) in [5.41, 5.74) is 2.23. The molecule has 2 heterocycles. The summed E-state index contributed by atoms with van der Waals surface area (Å²) in [4.78, 5) is 11.2. The van der Waals surface area contributed by atoms with E-state index in [4.69, 9.17) is 0 Å². The number of fused-ring (bicyclic) bond motifs is 1. The second-order valence-corrected chi connectivity index (χ2v) is 5.58. The van der Waals surface area contributed by atoms with Gasteiger partial charge in [0.2, 0.25) is 0 Å². The molecule has 0 spiro atoms. The van der Waals surface area contributed by atoms with Crippen LogP contribution in [-0.4, -0.2) is 35.0 Å². The van der Waals surface area contributed by atoms with E-state index in [-0.39, 0.29) is 0 Å². The van der Waals surface area contributed by atoms with Crippen LogP contribution in [0.1, 0.15) is 18.0 Å². The second-order valence-electron chi connectivity index (χ2n) is 4.67. The first kappa shape index (κ1) is 11.1. The quantitative estimate of drug-likeness (QED) is 0.809. The Morgan fingerprint density at radius 1 is 1.35 bits per heavy atom. The molecule has 0 aliphatic carbocycles. The number of hydrogen-bond acceptors (Lipinski definition) is 3. The minimum atomic E-state index is 0.541. The summed E-state index contributed by atoms with van der Waals surface area (Å²) in [5.74, 6) is 0.541. The average molecular weight is 292 g/mol. The fourth-order valence-electron chi connectivity index (χ4n) is 2.53. The van der Waals surface area contributed by atoms with E-state index in [0.717, 1.165) is 23.1 Å². The molecule has 0 radical (unpaired) electrons. The molecule has 17 heavy (non-hydrogen) atoms. The van der Waals surface area contributed by atoms with Crippen LogP contribution in [0.4, 0.5) is 0 Å². The van der Waals surface area contributed by atoms with Crippen LogP contribution in [-0.2, 0) is 0 Å². The topological polar surface area (TPSA) is 29.0 Å². The van der Waals surface area contributed by atoms with Crippen molar-refractivity contribution in [3.8, 4) is 0 Å². The second kappa shape index (κ2) is 4.35. The standard InChI is InChI=1S/C13H14BrN3/c1-17-5-4-9(7-17)13-11-6-10(14)2-3-12(11)15-8-16-13/h2-3,6,8-9H,4-5,7H2,1H3. The van der Waals surface area contributed by atoms with Crippen LogP contribution < -0.4 is 0 Å². The maximum absolute atomic E-state index is 4.51. The van der Waals surface area contributed by atoms with Gasteiger partial charge in [0.25, 0.3) is 0 Å². The van der Waals surface area contributed by atoms with E-state index >= 15 is 0 Å². The summed E-state index contributed by atoms with van der Waals surface area (Å²) in [6.45, 7) is 2.25. The molecule has 1 aliphatic heterocycles. The lowest BCUT2D eigenvalue weighted by Gasteiger charge is -2.12. The van der Waals surface area contributed by atoms with Gasteiger partial charge in [0.1, 0.15) is 6.33 Å². The van der Waals surface area contributed by atoms with Crippen LogP contribution in [0.3, 0.4) is 0 Å². The molecular weight excluding hydrogens is 278 g/mol. The van der Waals surface area contributed by atoms with Gasteiger partial charge in [0, 0.05) is 22.3 Å². The Morgan fingerprint density at radius 3 is 3.00 bits per heavy atom. The highest BCUT2D eigenvalue weighted by Crippen LogP contribution is 2.30. The van der Waals surface area contributed by atoms with Crippen molar-refractivity contribution >= 4 is 26.8 Å². The van der Waals surface area contributed by atoms with Crippen LogP contribution in [0.5, 0.6) is 0 Å². The molecule has 1 atom stereocenters. The summed E-state index contributed by atoms with van der Waals surface area (Å²) < 4.78 is 1.09. The van der Waals surface area contributed by atoms with Crippen molar-refractivity contribution in [2.45, 2.75) is 12.3 Å². The molecule has 1 aromatic carbocycles. The molecule has 3 nitrogen and oxygen atoms in total. The summed E-state index contributed by atoms with van der Waals surface area (Å²) >= 11 is 3.52. The number of hydrogen-bond donors (Lipinski definition) is 0. The van der Waals surface area contributed by atoms with Crippen molar-refractivity contribution in [3.63, 3.8) is 0 Å². The summed E-state index contributed by atoms with van der Waals surface area (Å²) in [7, 11) is 2.17. The number of likely N-dealkylation sites (tertiary alicyclic amines) is 1. The lowest BCUT2D eigenvalue weighted by atomic mass is 10.0. The third-order valence-corrected chi connectivity index (χ3v) is 3.90. The maximum Gasteiger partial charge on any atom is 0.116 e. The van der Waals surface area contributed by atoms with Gasteiger partial charge in [0.05, 0.1) is 11.2 Å². The molecule has 1 aromatic heterocycles. The Balaban J connectivity index is 2.12. The predicted octanol–water partition coefficient (Wildman–Crippen LogP) is 2.81. The number of halogens is 1. The third-order valence-electron chi connectivity index (χ3n) is 3.41. The zero-order valence-corrected chi connectivity index (χ0v) is 11.3. The predicted molar refractivity (Wildman–Crippen MR) is 72.1 cm³/mol. The van der Waals surface area contributed by atoms with E-state index in [2.05, 4.69) is 43.9 Å². The molecule has 4 heteroatoms. The minimum Gasteiger partial charge on any atom is -0.306 e. The Labute approximate surface area is 109 Å². The molecule has 1 saturated heterocycles. The van der Waals surface area contributed by atoms with Crippen LogP contribution >= 0.6 is 15.9 Å². The first-order chi connectivity index (χ1) is 8.24. The summed E-state index contributed by atoms with van der Waals surface area (Å²) in [5, 5.41) is 1.18. The third kappa shape index (κ3) is 2.07. The van der Waals surface area contributed by atoms with Crippen molar-refractivity contribution in [2.24, 2.45) is 0 Å². The number of benzene rings is 1. The lowest BCUT2D eigenvalue weighted by Crippen LogP contribution is -2.14. The van der Waals surface area contributed by atoms with Crippen LogP contribution in [0, 0.1) is 0 Å². The summed E-state index contributed by atoms with van der Waals surface area (Å²) in [6.07, 6.45) is 2.87. The Kier molecular flexibility index (Phi) is 2.84. The van der Waals surface area contributed by atoms with Crippen molar-refractivity contribution < 1.29 is 0 Å². The SMILES string of the molecule is CN1CCC(c2ncnc3ccc(Br)cc23)C1. The fourth-order valence-corrected chi connectivity index (χ4v) is 2.89. The molecule has 0 N–H and O–H groups in total. The van der Waals surface area contributed by atoms with E-state index in [0.29, 0.717) is 5.92 Å². The van der Waals surface area contributed by atoms with Gasteiger partial charge >= 0.3 is 0 Å². The Hall–Kier alpha value is -1.000. The number of nitrogens with zero attached hydrogens (tertiary/aromatic N) is 3. The first-order valence-electron chi connectivity index (χ1n) is 5.83. The molecule has 0 bridgehead atoms. The van der Waals surface area contributed by atoms with Crippen molar-refractivity contribution in [2.75, 3.05) is 20.1 Å². The van der Waals surface area contributed by atoms with Crippen molar-refractivity contribution in [1.82, 2.24) is 14.9 Å². The van der Waals surface area contributed by atoms with E-state index in [1.165, 1.54) is 17.5 Å². The zero-order valence-electron chi connectivity index (χ0n) is 9.73. The van der Waals surface area contributed by atoms with Gasteiger partial charge in [-0.25, -0.2) is 9.97 Å². The molecule has 0 amide bonds. The Bertz CT molecular complexity index is 555. The molecule has 2 aromatic rings. The largest absolute Gasteiger partial charge is 0.306 e. The highest BCUT2D eigenvalue weighted by Gasteiger charge is 2.24. The molecular formula is C13H14BrN3. The Morgan fingerprint density at radius 2 is 2.24 bits per heavy atom. The smallest absolute Gasteiger partial charge is 0.116 e. The molecule has 1 aliphatic rings. The normalized spacial score (nSPS) is 21.2. The molecule has 0 saturated carbocycles. The van der Waals surface area contributed by atoms with Gasteiger partial charge in [-0.05, 0) is 38.2 Å². The van der Waals surface area contributed by atoms with E-state index in [1.54, 1.807) is 6.33 Å². The van der Waals surface area contributed by atoms with Crippen LogP contribution in [0.2, 0.25) is 0 Å². The number of rotatable bonds is 1. The maximum atomic E-state index is 4.51. The summed E-state index contributed by atoms with van der Waals surface area (Å²) in [6, 6.07) is 6.20. The highest BCUT2D eigenvalue weighted by molar-refractivity contribution is 9.10.